The molecule has 0 saturated heterocycles. The number of hydrogen-bond donors (Lipinski definition) is 0. The fraction of sp³-hybridized carbons (Fsp3) is 0. The second-order valence-electron chi connectivity index (χ2n) is 15.6. The Bertz CT molecular complexity index is 2880. The molecule has 81 heavy (non-hydrogen) atoms. The summed E-state index contributed by atoms with van der Waals surface area (Å²) in [6.45, 7) is 21.2. The third-order valence-corrected chi connectivity index (χ3v) is 71.4. The van der Waals surface area contributed by atoms with Crippen molar-refractivity contribution in [3.8, 4) is 0 Å². The predicted octanol–water partition coefficient (Wildman–Crippen LogP) is 13.3. The van der Waals surface area contributed by atoms with Gasteiger partial charge in [-0.2, -0.15) is 0 Å². The molecule has 7 aromatic rings. The second kappa shape index (κ2) is 32.4. The van der Waals surface area contributed by atoms with Gasteiger partial charge in [0.15, 0.2) is 0 Å². The van der Waals surface area contributed by atoms with E-state index in [0.29, 0.717) is 33.4 Å². The summed E-state index contributed by atoms with van der Waals surface area (Å²) in [5.41, 5.74) is 2.21. The van der Waals surface area contributed by atoms with Crippen molar-refractivity contribution < 1.29 is 57.2 Å². The molecule has 0 radical (unpaired) electrons. The summed E-state index contributed by atoms with van der Waals surface area (Å²) in [5, 5.41) is 0. The number of benzene rings is 7. The molecular weight excluding hydrogens is 1730 g/mol. The van der Waals surface area contributed by atoms with Gasteiger partial charge in [-0.3, -0.25) is 0 Å². The van der Waals surface area contributed by atoms with Gasteiger partial charge in [0, 0.05) is 0 Å². The van der Waals surface area contributed by atoms with Crippen molar-refractivity contribution in [2.24, 2.45) is 0 Å². The Balaban J connectivity index is 1.44. The van der Waals surface area contributed by atoms with Gasteiger partial charge in [0.1, 0.15) is 0 Å². The standard InChI is InChI=1S/6C9H8O2S.C6H3.3Bi/c6*1-2-11-9(10)7-3-5-8(12)6-4-7;1-2-4-6-5-3-1;;;/h6*2-6,12H,1H2;1,4-5H;;;/q;;;;;;;3*+2/p-6. The molecule has 0 saturated carbocycles. The zero-order valence-electron chi connectivity index (χ0n) is 42.5. The molecule has 0 bridgehead atoms. The Morgan fingerprint density at radius 3 is 0.519 bits per heavy atom. The monoisotopic (exact) mass is 1780 g/mol. The number of esters is 6. The molecule has 12 nitrogen and oxygen atoms in total. The maximum atomic E-state index is 12.8. The van der Waals surface area contributed by atoms with Crippen LogP contribution in [0.1, 0.15) is 62.1 Å². The summed E-state index contributed by atoms with van der Waals surface area (Å²) in [7, 11) is 10.7. The molecule has 0 N–H and O–H groups in total. The summed E-state index contributed by atoms with van der Waals surface area (Å²) in [6.07, 6.45) is 6.58. The predicted molar refractivity (Wildman–Crippen MR) is 330 cm³/mol. The molecule has 0 amide bonds. The molecule has 408 valence electrons. The number of hydrogen-bond acceptors (Lipinski definition) is 18. The molecule has 0 aliphatic heterocycles. The van der Waals surface area contributed by atoms with E-state index in [1.807, 2.05) is 72.8 Å². The third-order valence-electron chi connectivity index (χ3n) is 10.3. The van der Waals surface area contributed by atoms with Gasteiger partial charge in [0.05, 0.1) is 0 Å². The molecule has 0 aliphatic rings. The summed E-state index contributed by atoms with van der Waals surface area (Å²) in [5.74, 6) is -3.17. The minimum absolute atomic E-state index is 0.369. The van der Waals surface area contributed by atoms with E-state index < -0.39 is 92.3 Å². The van der Waals surface area contributed by atoms with E-state index in [1.54, 1.807) is 124 Å². The fourth-order valence-electron chi connectivity index (χ4n) is 6.62. The summed E-state index contributed by atoms with van der Waals surface area (Å²) in [6, 6.07) is 50.9. The zero-order chi connectivity index (χ0) is 57.7. The fourth-order valence-corrected chi connectivity index (χ4v) is 73.5. The number of ether oxygens (including phenoxy) is 6. The van der Waals surface area contributed by atoms with Crippen LogP contribution in [0, 0.1) is 0 Å². The third kappa shape index (κ3) is 18.8. The van der Waals surface area contributed by atoms with Gasteiger partial charge in [0.25, 0.3) is 0 Å². The molecule has 7 aromatic carbocycles. The summed E-state index contributed by atoms with van der Waals surface area (Å²) < 4.78 is 34.0. The molecule has 0 aromatic heterocycles. The molecule has 0 fully saturated rings. The Labute approximate surface area is 507 Å². The Hall–Kier alpha value is -5.45. The van der Waals surface area contributed by atoms with E-state index in [9.17, 15) is 28.8 Å². The van der Waals surface area contributed by atoms with Crippen LogP contribution in [0.25, 0.3) is 0 Å². The second-order valence-corrected chi connectivity index (χ2v) is 69.6. The summed E-state index contributed by atoms with van der Waals surface area (Å²) in [4.78, 5) is 82.2. The average Bonchev–Trinajstić information content (AvgIpc) is 3.57. The van der Waals surface area contributed by atoms with Crippen LogP contribution in [-0.2, 0) is 28.4 Å². The van der Waals surface area contributed by atoms with Crippen molar-refractivity contribution >= 4 is 153 Å². The van der Waals surface area contributed by atoms with Crippen LogP contribution in [0.4, 0.5) is 0 Å². The van der Waals surface area contributed by atoms with Gasteiger partial charge < -0.3 is 0 Å². The van der Waals surface area contributed by atoms with Crippen LogP contribution < -0.4 is 9.81 Å². The molecule has 7 rings (SSSR count). The molecule has 0 atom stereocenters. The van der Waals surface area contributed by atoms with Crippen LogP contribution in [0.2, 0.25) is 0 Å². The first kappa shape index (κ1) is 63.1. The van der Waals surface area contributed by atoms with Crippen LogP contribution in [0.15, 0.2) is 270 Å². The van der Waals surface area contributed by atoms with E-state index in [0.717, 1.165) is 66.9 Å². The first-order valence-electron chi connectivity index (χ1n) is 23.5. The van der Waals surface area contributed by atoms with E-state index in [4.69, 9.17) is 28.4 Å². The Morgan fingerprint density at radius 1 is 0.259 bits per heavy atom. The van der Waals surface area contributed by atoms with Crippen molar-refractivity contribution in [2.45, 2.75) is 29.4 Å². The van der Waals surface area contributed by atoms with E-state index in [-0.39, 0.29) is 0 Å². The van der Waals surface area contributed by atoms with Gasteiger partial charge in [-0.15, -0.1) is 0 Å². The molecule has 21 heteroatoms. The van der Waals surface area contributed by atoms with Crippen molar-refractivity contribution in [3.05, 3.63) is 274 Å². The van der Waals surface area contributed by atoms with Gasteiger partial charge in [-0.1, -0.05) is 0 Å². The SMILES string of the molecule is C=COC(=O)c1ccc([S][Bi]([S]c2ccc(C(=O)OC=C)cc2)[c]2c[c]([Bi]([S]c3ccc(C(=O)OC=C)cc3)[S]c3ccc(C(=O)OC=C)cc3)c[c]([Bi]([S]c3ccc(C(=O)OC=C)cc3)[S]c3ccc(C(=O)OC=C)cc3)c2)cc1. The minimum atomic E-state index is -3.32. The Morgan fingerprint density at radius 2 is 0.395 bits per heavy atom. The van der Waals surface area contributed by atoms with Gasteiger partial charge in [-0.25, -0.2) is 0 Å². The van der Waals surface area contributed by atoms with Gasteiger partial charge >= 0.3 is 514 Å². The van der Waals surface area contributed by atoms with Crippen LogP contribution >= 0.6 is 51.1 Å². The van der Waals surface area contributed by atoms with Crippen molar-refractivity contribution in [1.29, 1.82) is 0 Å². The van der Waals surface area contributed by atoms with Crippen LogP contribution in [0.3, 0.4) is 0 Å². The van der Waals surface area contributed by atoms with Crippen LogP contribution in [0.5, 0.6) is 0 Å². The van der Waals surface area contributed by atoms with E-state index in [1.165, 1.54) is 9.81 Å². The zero-order valence-corrected chi connectivity index (χ0v) is 57.8. The molecule has 0 heterocycles. The first-order chi connectivity index (χ1) is 39.3. The molecule has 0 spiro atoms. The van der Waals surface area contributed by atoms with E-state index >= 15 is 0 Å². The topological polar surface area (TPSA) is 158 Å². The molecule has 0 aliphatic carbocycles. The quantitative estimate of drug-likeness (QED) is 0.0207. The number of rotatable bonds is 27. The van der Waals surface area contributed by atoms with Crippen molar-refractivity contribution in [2.75, 3.05) is 0 Å². The summed E-state index contributed by atoms with van der Waals surface area (Å²) >= 11 is -9.95. The maximum absolute atomic E-state index is 12.8. The first-order valence-corrected chi connectivity index (χ1v) is 58.9. The molecular formula is C60H45Bi3O12S6. The van der Waals surface area contributed by atoms with Gasteiger partial charge in [-0.05, 0) is 0 Å². The number of carbonyl (C=O) groups is 6. The average molecular weight is 1780 g/mol. The van der Waals surface area contributed by atoms with Crippen molar-refractivity contribution in [3.63, 3.8) is 0 Å². The van der Waals surface area contributed by atoms with Crippen LogP contribution in [-0.4, -0.2) is 92.3 Å². The van der Waals surface area contributed by atoms with Gasteiger partial charge in [0.2, 0.25) is 0 Å². The normalized spacial score (nSPS) is 10.7. The molecule has 0 unspecified atom stereocenters. The Kier molecular flexibility index (Phi) is 25.3. The van der Waals surface area contributed by atoms with E-state index in [2.05, 4.69) is 57.7 Å². The number of carbonyl (C=O) groups excluding carboxylic acids is 6. The van der Waals surface area contributed by atoms with Crippen molar-refractivity contribution in [1.82, 2.24) is 0 Å².